The molecule has 5 heteroatoms. The molecule has 0 radical (unpaired) electrons. The first-order valence-electron chi connectivity index (χ1n) is 2.64. The second kappa shape index (κ2) is 3.02. The van der Waals surface area contributed by atoms with Crippen LogP contribution in [0.25, 0.3) is 0 Å². The quantitative estimate of drug-likeness (QED) is 0.449. The summed E-state index contributed by atoms with van der Waals surface area (Å²) in [5, 5.41) is 0. The molecule has 3 nitrogen and oxygen atoms in total. The number of rotatable bonds is 3. The van der Waals surface area contributed by atoms with Crippen LogP contribution in [-0.4, -0.2) is 23.2 Å². The molecule has 0 amide bonds. The standard InChI is InChI=1S/C4H10O3Si2/c1-8(6)7-9(2,3)4-5/h4H,1-3H3. The minimum absolute atomic E-state index is 0.777. The van der Waals surface area contributed by atoms with Crippen molar-refractivity contribution in [2.45, 2.75) is 19.6 Å². The third kappa shape index (κ3) is 4.22. The van der Waals surface area contributed by atoms with Crippen molar-refractivity contribution >= 4 is 23.2 Å². The Hall–Kier alpha value is -0.296. The van der Waals surface area contributed by atoms with E-state index in [2.05, 4.69) is 0 Å². The third-order valence-electron chi connectivity index (χ3n) is 0.691. The van der Waals surface area contributed by atoms with Crippen molar-refractivity contribution in [1.82, 2.24) is 0 Å². The fourth-order valence-corrected chi connectivity index (χ4v) is 3.55. The average Bonchev–Trinajstić information content (AvgIpc) is 1.63. The Bertz CT molecular complexity index is 132. The molecule has 0 spiro atoms. The molecule has 0 bridgehead atoms. The first kappa shape index (κ1) is 8.70. The normalized spacial score (nSPS) is 10.6. The molecule has 0 aromatic carbocycles. The van der Waals surface area contributed by atoms with Gasteiger partial charge in [-0.15, -0.1) is 0 Å². The zero-order valence-electron chi connectivity index (χ0n) is 5.80. The predicted octanol–water partition coefficient (Wildman–Crippen LogP) is 0.528. The minimum atomic E-state index is -2.19. The maximum absolute atomic E-state index is 10.5. The van der Waals surface area contributed by atoms with Gasteiger partial charge in [0.05, 0.1) is 0 Å². The molecule has 0 rings (SSSR count). The molecule has 9 heavy (non-hydrogen) atoms. The molecule has 0 aliphatic rings. The average molecular weight is 162 g/mol. The van der Waals surface area contributed by atoms with E-state index in [1.54, 1.807) is 13.1 Å². The largest absolute Gasteiger partial charge is 0.574 e. The monoisotopic (exact) mass is 162 g/mol. The highest BCUT2D eigenvalue weighted by Crippen LogP contribution is 1.98. The summed E-state index contributed by atoms with van der Waals surface area (Å²) in [5.74, 6) is 0.777. The summed E-state index contributed by atoms with van der Waals surface area (Å²) in [6.45, 7) is 4.92. The molecule has 0 aromatic rings. The van der Waals surface area contributed by atoms with Gasteiger partial charge in [0.2, 0.25) is 0 Å². The van der Waals surface area contributed by atoms with Crippen LogP contribution in [-0.2, 0) is 13.4 Å². The molecule has 0 unspecified atom stereocenters. The highest BCUT2D eigenvalue weighted by molar-refractivity contribution is 6.97. The second-order valence-corrected chi connectivity index (χ2v) is 7.56. The van der Waals surface area contributed by atoms with E-state index in [9.17, 15) is 9.26 Å². The van der Waals surface area contributed by atoms with Gasteiger partial charge in [0.15, 0.2) is 0 Å². The molecule has 0 aliphatic carbocycles. The van der Waals surface area contributed by atoms with E-state index in [-0.39, 0.29) is 0 Å². The lowest BCUT2D eigenvalue weighted by atomic mass is 11.8. The summed E-state index contributed by atoms with van der Waals surface area (Å²) in [6, 6.07) is 0. The van der Waals surface area contributed by atoms with Gasteiger partial charge >= 0.3 is 8.93 Å². The zero-order chi connectivity index (χ0) is 7.49. The predicted molar refractivity (Wildman–Crippen MR) is 37.6 cm³/mol. The lowest BCUT2D eigenvalue weighted by molar-refractivity contribution is 0.459. The topological polar surface area (TPSA) is 43.4 Å². The van der Waals surface area contributed by atoms with Gasteiger partial charge in [-0.2, -0.15) is 0 Å². The van der Waals surface area contributed by atoms with Crippen LogP contribution < -0.4 is 0 Å². The van der Waals surface area contributed by atoms with E-state index >= 15 is 0 Å². The fraction of sp³-hybridized carbons (Fsp3) is 0.750. The summed E-state index contributed by atoms with van der Waals surface area (Å²) < 4.78 is 15.4. The van der Waals surface area contributed by atoms with Gasteiger partial charge in [0, 0.05) is 6.55 Å². The molecular formula is C4H10O3Si2. The van der Waals surface area contributed by atoms with E-state index in [0.717, 1.165) is 5.91 Å². The Morgan fingerprint density at radius 3 is 2.11 bits per heavy atom. The van der Waals surface area contributed by atoms with E-state index in [0.29, 0.717) is 0 Å². The van der Waals surface area contributed by atoms with Crippen LogP contribution in [0.4, 0.5) is 0 Å². The molecule has 52 valence electrons. The molecular weight excluding hydrogens is 152 g/mol. The Kier molecular flexibility index (Phi) is 2.92. The highest BCUT2D eigenvalue weighted by Gasteiger charge is 2.24. The molecule has 0 atom stereocenters. The van der Waals surface area contributed by atoms with Crippen molar-refractivity contribution in [3.05, 3.63) is 0 Å². The Balaban J connectivity index is 3.86. The van der Waals surface area contributed by atoms with Crippen LogP contribution in [0.1, 0.15) is 0 Å². The molecule has 0 fully saturated rings. The first-order valence-corrected chi connectivity index (χ1v) is 7.44. The SMILES string of the molecule is C[Si](=O)O[Si](C)(C)C=O. The van der Waals surface area contributed by atoms with Crippen molar-refractivity contribution < 1.29 is 13.4 Å². The molecule has 0 saturated heterocycles. The number of carbonyl (C=O) groups is 1. The number of hydrogen-bond acceptors (Lipinski definition) is 3. The summed E-state index contributed by atoms with van der Waals surface area (Å²) in [6.07, 6.45) is 0. The summed E-state index contributed by atoms with van der Waals surface area (Å²) in [7, 11) is -4.11. The van der Waals surface area contributed by atoms with E-state index in [1.165, 1.54) is 6.55 Å². The van der Waals surface area contributed by atoms with Gasteiger partial charge in [-0.05, 0) is 13.1 Å². The van der Waals surface area contributed by atoms with Crippen LogP contribution in [0.15, 0.2) is 0 Å². The highest BCUT2D eigenvalue weighted by atomic mass is 28.4. The lowest BCUT2D eigenvalue weighted by Crippen LogP contribution is -2.35. The van der Waals surface area contributed by atoms with Gasteiger partial charge in [0.1, 0.15) is 5.91 Å². The number of carbonyl (C=O) groups excluding carboxylic acids is 1. The van der Waals surface area contributed by atoms with Gasteiger partial charge in [-0.1, -0.05) is 0 Å². The second-order valence-electron chi connectivity index (χ2n) is 2.31. The van der Waals surface area contributed by atoms with Crippen molar-refractivity contribution in [1.29, 1.82) is 0 Å². The van der Waals surface area contributed by atoms with Crippen LogP contribution in [0.5, 0.6) is 0 Å². The Labute approximate surface area is 56.9 Å². The first-order chi connectivity index (χ1) is 3.98. The van der Waals surface area contributed by atoms with Gasteiger partial charge in [-0.3, -0.25) is 0 Å². The summed E-state index contributed by atoms with van der Waals surface area (Å²) in [5.41, 5.74) is 0. The van der Waals surface area contributed by atoms with Crippen LogP contribution >= 0.6 is 0 Å². The Morgan fingerprint density at radius 2 is 2.00 bits per heavy atom. The van der Waals surface area contributed by atoms with Gasteiger partial charge in [-0.25, -0.2) is 0 Å². The molecule has 0 saturated carbocycles. The van der Waals surface area contributed by atoms with Crippen molar-refractivity contribution in [3.63, 3.8) is 0 Å². The summed E-state index contributed by atoms with van der Waals surface area (Å²) in [4.78, 5) is 10.2. The molecule has 0 aliphatic heterocycles. The summed E-state index contributed by atoms with van der Waals surface area (Å²) >= 11 is 0. The smallest absolute Gasteiger partial charge is 0.485 e. The zero-order valence-corrected chi connectivity index (χ0v) is 7.80. The molecule has 0 heterocycles. The van der Waals surface area contributed by atoms with Gasteiger partial charge < -0.3 is 13.4 Å². The van der Waals surface area contributed by atoms with Crippen LogP contribution in [0, 0.1) is 0 Å². The van der Waals surface area contributed by atoms with Gasteiger partial charge in [0.25, 0.3) is 8.32 Å². The number of hydrogen-bond donors (Lipinski definition) is 0. The molecule has 0 aromatic heterocycles. The minimum Gasteiger partial charge on any atom is -0.574 e. The third-order valence-corrected chi connectivity index (χ3v) is 4.51. The maximum atomic E-state index is 10.5. The van der Waals surface area contributed by atoms with Crippen molar-refractivity contribution in [2.24, 2.45) is 0 Å². The lowest BCUT2D eigenvalue weighted by Gasteiger charge is -2.13. The fourth-order valence-electron chi connectivity index (χ4n) is 0.394. The van der Waals surface area contributed by atoms with Crippen LogP contribution in [0.2, 0.25) is 19.6 Å². The van der Waals surface area contributed by atoms with E-state index in [1.807, 2.05) is 0 Å². The van der Waals surface area contributed by atoms with E-state index < -0.39 is 17.2 Å². The van der Waals surface area contributed by atoms with Crippen molar-refractivity contribution in [2.75, 3.05) is 0 Å². The van der Waals surface area contributed by atoms with Crippen LogP contribution in [0.3, 0.4) is 0 Å². The Morgan fingerprint density at radius 1 is 1.56 bits per heavy atom. The molecule has 0 N–H and O–H groups in total. The van der Waals surface area contributed by atoms with Crippen molar-refractivity contribution in [3.8, 4) is 0 Å². The van der Waals surface area contributed by atoms with E-state index in [4.69, 9.17) is 4.12 Å². The maximum Gasteiger partial charge on any atom is 0.485 e.